The molecule has 1 aliphatic carbocycles. The Hall–Kier alpha value is -1.58. The zero-order valence-electron chi connectivity index (χ0n) is 10.9. The molecule has 1 aliphatic rings. The van der Waals surface area contributed by atoms with E-state index in [4.69, 9.17) is 0 Å². The third-order valence-corrected chi connectivity index (χ3v) is 3.30. The van der Waals surface area contributed by atoms with Crippen molar-refractivity contribution in [2.24, 2.45) is 0 Å². The number of nitrogens with zero attached hydrogens (tertiary/aromatic N) is 2. The van der Waals surface area contributed by atoms with Gasteiger partial charge in [0, 0.05) is 18.7 Å². The first-order valence-electron chi connectivity index (χ1n) is 6.82. The van der Waals surface area contributed by atoms with Gasteiger partial charge >= 0.3 is 0 Å². The molecule has 2 rings (SSSR count). The lowest BCUT2D eigenvalue weighted by molar-refractivity contribution is 0.617. The van der Waals surface area contributed by atoms with E-state index >= 15 is 0 Å². The first kappa shape index (κ1) is 12.9. The minimum Gasteiger partial charge on any atom is -0.367 e. The molecule has 98 valence electrons. The van der Waals surface area contributed by atoms with Crippen molar-refractivity contribution in [2.75, 3.05) is 17.2 Å². The fraction of sp³-hybridized carbons (Fsp3) is 0.571. The summed E-state index contributed by atoms with van der Waals surface area (Å²) in [4.78, 5) is 8.46. The van der Waals surface area contributed by atoms with Crippen LogP contribution in [0.5, 0.6) is 0 Å². The maximum Gasteiger partial charge on any atom is 0.131 e. The van der Waals surface area contributed by atoms with Crippen LogP contribution in [-0.4, -0.2) is 22.6 Å². The lowest BCUT2D eigenvalue weighted by Crippen LogP contribution is -2.19. The highest BCUT2D eigenvalue weighted by molar-refractivity contribution is 5.47. The Kier molecular flexibility index (Phi) is 5.00. The highest BCUT2D eigenvalue weighted by Crippen LogP contribution is 2.20. The van der Waals surface area contributed by atoms with E-state index in [1.54, 1.807) is 6.33 Å². The van der Waals surface area contributed by atoms with Gasteiger partial charge in [-0.25, -0.2) is 9.97 Å². The van der Waals surface area contributed by atoms with E-state index in [0.717, 1.165) is 18.2 Å². The molecule has 0 atom stereocenters. The predicted molar refractivity (Wildman–Crippen MR) is 75.8 cm³/mol. The van der Waals surface area contributed by atoms with Crippen molar-refractivity contribution in [3.05, 3.63) is 25.0 Å². The van der Waals surface area contributed by atoms with Crippen LogP contribution in [0.4, 0.5) is 11.6 Å². The van der Waals surface area contributed by atoms with Gasteiger partial charge in [0.2, 0.25) is 0 Å². The van der Waals surface area contributed by atoms with Gasteiger partial charge in [-0.15, -0.1) is 6.58 Å². The van der Waals surface area contributed by atoms with E-state index in [-0.39, 0.29) is 0 Å². The lowest BCUT2D eigenvalue weighted by atomic mass is 10.1. The number of anilines is 2. The molecule has 4 heteroatoms. The van der Waals surface area contributed by atoms with E-state index in [1.807, 2.05) is 12.1 Å². The average molecular weight is 246 g/mol. The smallest absolute Gasteiger partial charge is 0.131 e. The van der Waals surface area contributed by atoms with E-state index in [9.17, 15) is 0 Å². The summed E-state index contributed by atoms with van der Waals surface area (Å²) in [5.74, 6) is 1.77. The molecule has 0 aromatic carbocycles. The monoisotopic (exact) mass is 246 g/mol. The van der Waals surface area contributed by atoms with Crippen molar-refractivity contribution in [1.29, 1.82) is 0 Å². The average Bonchev–Trinajstić information content (AvgIpc) is 2.65. The fourth-order valence-corrected chi connectivity index (χ4v) is 2.34. The number of aromatic nitrogens is 2. The Balaban J connectivity index is 1.92. The molecule has 2 N–H and O–H groups in total. The van der Waals surface area contributed by atoms with Crippen molar-refractivity contribution < 1.29 is 0 Å². The summed E-state index contributed by atoms with van der Waals surface area (Å²) in [6, 6.07) is 2.53. The van der Waals surface area contributed by atoms with E-state index in [0.29, 0.717) is 6.04 Å². The zero-order valence-corrected chi connectivity index (χ0v) is 10.9. The minimum atomic E-state index is 0.564. The maximum atomic E-state index is 4.28. The van der Waals surface area contributed by atoms with Crippen molar-refractivity contribution in [1.82, 2.24) is 9.97 Å². The summed E-state index contributed by atoms with van der Waals surface area (Å²) in [5, 5.41) is 6.70. The number of hydrogen-bond acceptors (Lipinski definition) is 4. The molecule has 1 heterocycles. The van der Waals surface area contributed by atoms with E-state index in [2.05, 4.69) is 27.2 Å². The molecule has 0 radical (unpaired) electrons. The summed E-state index contributed by atoms with van der Waals surface area (Å²) in [7, 11) is 0. The predicted octanol–water partition coefficient (Wildman–Crippen LogP) is 3.21. The summed E-state index contributed by atoms with van der Waals surface area (Å²) in [5.41, 5.74) is 0. The molecule has 1 aromatic heterocycles. The Morgan fingerprint density at radius 2 is 1.89 bits per heavy atom. The second kappa shape index (κ2) is 6.99. The highest BCUT2D eigenvalue weighted by atomic mass is 15.1. The molecule has 18 heavy (non-hydrogen) atoms. The number of hydrogen-bond donors (Lipinski definition) is 2. The second-order valence-electron chi connectivity index (χ2n) is 4.79. The normalized spacial score (nSPS) is 16.9. The molecule has 4 nitrogen and oxygen atoms in total. The van der Waals surface area contributed by atoms with Crippen LogP contribution in [0.25, 0.3) is 0 Å². The first-order chi connectivity index (χ1) is 8.88. The first-order valence-corrected chi connectivity index (χ1v) is 6.82. The highest BCUT2D eigenvalue weighted by Gasteiger charge is 2.12. The minimum absolute atomic E-state index is 0.564. The summed E-state index contributed by atoms with van der Waals surface area (Å²) < 4.78 is 0. The van der Waals surface area contributed by atoms with Crippen molar-refractivity contribution >= 4 is 11.6 Å². The van der Waals surface area contributed by atoms with Gasteiger partial charge in [-0.1, -0.05) is 31.8 Å². The van der Waals surface area contributed by atoms with Gasteiger partial charge in [0.25, 0.3) is 0 Å². The van der Waals surface area contributed by atoms with Crippen LogP contribution in [0.15, 0.2) is 25.0 Å². The molecule has 0 spiro atoms. The van der Waals surface area contributed by atoms with Crippen LogP contribution in [0, 0.1) is 0 Å². The van der Waals surface area contributed by atoms with Gasteiger partial charge in [-0.3, -0.25) is 0 Å². The molecular formula is C14H22N4. The van der Waals surface area contributed by atoms with Gasteiger partial charge < -0.3 is 10.6 Å². The van der Waals surface area contributed by atoms with Crippen molar-refractivity contribution in [3.8, 4) is 0 Å². The van der Waals surface area contributed by atoms with Crippen LogP contribution in [0.2, 0.25) is 0 Å². The number of rotatable bonds is 5. The summed E-state index contributed by atoms with van der Waals surface area (Å²) >= 11 is 0. The van der Waals surface area contributed by atoms with Crippen LogP contribution >= 0.6 is 0 Å². The molecular weight excluding hydrogens is 224 g/mol. The quantitative estimate of drug-likeness (QED) is 0.618. The zero-order chi connectivity index (χ0) is 12.6. The van der Waals surface area contributed by atoms with Gasteiger partial charge in [-0.2, -0.15) is 0 Å². The molecule has 1 saturated carbocycles. The van der Waals surface area contributed by atoms with E-state index in [1.165, 1.54) is 38.5 Å². The topological polar surface area (TPSA) is 49.8 Å². The van der Waals surface area contributed by atoms with Gasteiger partial charge in [0.05, 0.1) is 0 Å². The Morgan fingerprint density at radius 1 is 1.17 bits per heavy atom. The van der Waals surface area contributed by atoms with Gasteiger partial charge in [0.1, 0.15) is 18.0 Å². The molecule has 1 aromatic rings. The SMILES string of the molecule is C=CCNc1cc(NC2CCCCCC2)ncn1. The molecule has 0 unspecified atom stereocenters. The third-order valence-electron chi connectivity index (χ3n) is 3.30. The van der Waals surface area contributed by atoms with Crippen LogP contribution in [0.1, 0.15) is 38.5 Å². The van der Waals surface area contributed by atoms with Crippen LogP contribution in [-0.2, 0) is 0 Å². The Bertz CT molecular complexity index is 370. The Labute approximate surface area is 109 Å². The van der Waals surface area contributed by atoms with Crippen LogP contribution in [0.3, 0.4) is 0 Å². The Morgan fingerprint density at radius 3 is 2.61 bits per heavy atom. The largest absolute Gasteiger partial charge is 0.367 e. The maximum absolute atomic E-state index is 4.28. The third kappa shape index (κ3) is 4.02. The molecule has 1 fully saturated rings. The van der Waals surface area contributed by atoms with Crippen molar-refractivity contribution in [2.45, 2.75) is 44.6 Å². The summed E-state index contributed by atoms with van der Waals surface area (Å²) in [6.07, 6.45) is 11.3. The van der Waals surface area contributed by atoms with Crippen molar-refractivity contribution in [3.63, 3.8) is 0 Å². The molecule has 0 aliphatic heterocycles. The van der Waals surface area contributed by atoms with Gasteiger partial charge in [0.15, 0.2) is 0 Å². The van der Waals surface area contributed by atoms with Crippen LogP contribution < -0.4 is 10.6 Å². The molecule has 0 bridgehead atoms. The standard InChI is InChI=1S/C14H22N4/c1-2-9-15-13-10-14(17-11-16-13)18-12-7-5-3-4-6-8-12/h2,10-12H,1,3-9H2,(H2,15,16,17,18). The summed E-state index contributed by atoms with van der Waals surface area (Å²) in [6.45, 7) is 4.40. The van der Waals surface area contributed by atoms with Gasteiger partial charge in [-0.05, 0) is 12.8 Å². The molecule has 0 saturated heterocycles. The second-order valence-corrected chi connectivity index (χ2v) is 4.79. The number of nitrogens with one attached hydrogen (secondary N) is 2. The van der Waals surface area contributed by atoms with E-state index < -0.39 is 0 Å². The lowest BCUT2D eigenvalue weighted by Gasteiger charge is -2.17. The molecule has 0 amide bonds. The fourth-order valence-electron chi connectivity index (χ4n) is 2.34.